The van der Waals surface area contributed by atoms with Crippen molar-refractivity contribution in [3.05, 3.63) is 72.2 Å². The first kappa shape index (κ1) is 21.0. The van der Waals surface area contributed by atoms with Gasteiger partial charge in [0.25, 0.3) is 0 Å². The van der Waals surface area contributed by atoms with E-state index in [1.54, 1.807) is 46.0 Å². The average Bonchev–Trinajstić information content (AvgIpc) is 3.42. The Morgan fingerprint density at radius 2 is 1.97 bits per heavy atom. The molecule has 0 N–H and O–H groups in total. The maximum atomic E-state index is 13.2. The molecule has 4 rings (SSSR count). The molecule has 0 radical (unpaired) electrons. The number of anilines is 1. The van der Waals surface area contributed by atoms with E-state index < -0.39 is 0 Å². The molecule has 7 heteroatoms. The number of nitrogens with zero attached hydrogens (tertiary/aromatic N) is 2. The number of para-hydroxylation sites is 1. The summed E-state index contributed by atoms with van der Waals surface area (Å²) in [4.78, 5) is 22.0. The molecule has 0 aliphatic carbocycles. The third kappa shape index (κ3) is 4.91. The van der Waals surface area contributed by atoms with Crippen LogP contribution in [0.3, 0.4) is 0 Å². The van der Waals surface area contributed by atoms with Gasteiger partial charge in [0, 0.05) is 22.0 Å². The van der Waals surface area contributed by atoms with Crippen LogP contribution in [-0.2, 0) is 11.3 Å². The molecule has 4 nitrogen and oxygen atoms in total. The Morgan fingerprint density at radius 3 is 2.70 bits per heavy atom. The van der Waals surface area contributed by atoms with Gasteiger partial charge in [-0.1, -0.05) is 35.1 Å². The maximum Gasteiger partial charge on any atom is 0.230 e. The van der Waals surface area contributed by atoms with Crippen molar-refractivity contribution in [3.63, 3.8) is 0 Å². The van der Waals surface area contributed by atoms with Gasteiger partial charge in [-0.2, -0.15) is 0 Å². The van der Waals surface area contributed by atoms with E-state index in [0.29, 0.717) is 18.1 Å². The molecule has 0 spiro atoms. The number of amides is 1. The lowest BCUT2D eigenvalue weighted by atomic mass is 10.2. The van der Waals surface area contributed by atoms with E-state index in [9.17, 15) is 4.79 Å². The third-order valence-electron chi connectivity index (χ3n) is 4.62. The number of rotatable bonds is 8. The number of furan rings is 1. The highest BCUT2D eigenvalue weighted by atomic mass is 32.2. The van der Waals surface area contributed by atoms with Crippen LogP contribution in [0.4, 0.5) is 5.13 Å². The van der Waals surface area contributed by atoms with Crippen LogP contribution in [-0.4, -0.2) is 22.9 Å². The van der Waals surface area contributed by atoms with Crippen molar-refractivity contribution in [2.45, 2.75) is 29.7 Å². The van der Waals surface area contributed by atoms with Gasteiger partial charge in [0.05, 0.1) is 23.0 Å². The predicted molar refractivity (Wildman–Crippen MR) is 128 cm³/mol. The summed E-state index contributed by atoms with van der Waals surface area (Å²) in [7, 11) is 0. The first-order valence-corrected chi connectivity index (χ1v) is 12.6. The van der Waals surface area contributed by atoms with Gasteiger partial charge in [0.2, 0.25) is 5.91 Å². The van der Waals surface area contributed by atoms with Crippen molar-refractivity contribution in [1.82, 2.24) is 4.98 Å². The van der Waals surface area contributed by atoms with Gasteiger partial charge < -0.3 is 4.42 Å². The Balaban J connectivity index is 1.53. The summed E-state index contributed by atoms with van der Waals surface area (Å²) in [5.41, 5.74) is 2.19. The number of fused-ring (bicyclic) bond motifs is 1. The highest BCUT2D eigenvalue weighted by Crippen LogP contribution is 2.35. The van der Waals surface area contributed by atoms with Gasteiger partial charge in [0.15, 0.2) is 5.13 Å². The summed E-state index contributed by atoms with van der Waals surface area (Å²) >= 11 is 4.91. The van der Waals surface area contributed by atoms with E-state index >= 15 is 0 Å². The number of hydrogen-bond donors (Lipinski definition) is 0. The molecule has 0 saturated carbocycles. The van der Waals surface area contributed by atoms with Gasteiger partial charge >= 0.3 is 0 Å². The van der Waals surface area contributed by atoms with Gasteiger partial charge in [0.1, 0.15) is 5.76 Å². The second-order valence-corrected chi connectivity index (χ2v) is 9.80. The van der Waals surface area contributed by atoms with Crippen LogP contribution in [0.5, 0.6) is 0 Å². The summed E-state index contributed by atoms with van der Waals surface area (Å²) < 4.78 is 6.60. The summed E-state index contributed by atoms with van der Waals surface area (Å²) in [6, 6.07) is 18.3. The number of carbonyl (C=O) groups excluding carboxylic acids is 1. The molecule has 0 unspecified atom stereocenters. The van der Waals surface area contributed by atoms with Crippen molar-refractivity contribution in [3.8, 4) is 0 Å². The van der Waals surface area contributed by atoms with Gasteiger partial charge in [-0.3, -0.25) is 9.69 Å². The summed E-state index contributed by atoms with van der Waals surface area (Å²) in [5, 5.41) is 0.716. The lowest BCUT2D eigenvalue weighted by Crippen LogP contribution is -2.30. The number of aromatic nitrogens is 1. The van der Waals surface area contributed by atoms with E-state index in [1.165, 1.54) is 10.5 Å². The minimum Gasteiger partial charge on any atom is -0.467 e. The minimum absolute atomic E-state index is 0.0516. The standard InChI is InChI=1S/C23H22N2O2S3/c1-16-8-10-18(11-9-16)29-14-12-21(26)25(15-17-5-4-13-27-17)23-24-22-19(28-2)6-3-7-20(22)30-23/h3-11,13H,12,14-15H2,1-2H3. The lowest BCUT2D eigenvalue weighted by Gasteiger charge is -2.18. The van der Waals surface area contributed by atoms with Crippen molar-refractivity contribution in [1.29, 1.82) is 0 Å². The molecule has 0 saturated heterocycles. The van der Waals surface area contributed by atoms with Crippen molar-refractivity contribution in [2.24, 2.45) is 0 Å². The summed E-state index contributed by atoms with van der Waals surface area (Å²) in [6.07, 6.45) is 4.11. The minimum atomic E-state index is 0.0516. The molecule has 1 amide bonds. The van der Waals surface area contributed by atoms with Crippen LogP contribution in [0.2, 0.25) is 0 Å². The van der Waals surface area contributed by atoms with Crippen LogP contribution >= 0.6 is 34.9 Å². The van der Waals surface area contributed by atoms with Gasteiger partial charge in [-0.25, -0.2) is 4.98 Å². The van der Waals surface area contributed by atoms with E-state index in [-0.39, 0.29) is 5.91 Å². The Bertz CT molecular complexity index is 1120. The molecular formula is C23H22N2O2S3. The Labute approximate surface area is 188 Å². The Morgan fingerprint density at radius 1 is 1.13 bits per heavy atom. The average molecular weight is 455 g/mol. The van der Waals surface area contributed by atoms with Gasteiger partial charge in [-0.05, 0) is 49.6 Å². The SMILES string of the molecule is CSc1cccc2sc(N(Cc3ccco3)C(=O)CCSc3ccc(C)cc3)nc12. The molecule has 2 heterocycles. The molecule has 0 bridgehead atoms. The fraction of sp³-hybridized carbons (Fsp3) is 0.217. The van der Waals surface area contributed by atoms with Crippen LogP contribution < -0.4 is 4.90 Å². The zero-order chi connectivity index (χ0) is 20.9. The second kappa shape index (κ2) is 9.73. The van der Waals surface area contributed by atoms with Gasteiger partial charge in [-0.15, -0.1) is 23.5 Å². The van der Waals surface area contributed by atoms with E-state index in [4.69, 9.17) is 9.40 Å². The second-order valence-electron chi connectivity index (χ2n) is 6.77. The maximum absolute atomic E-state index is 13.2. The molecule has 30 heavy (non-hydrogen) atoms. The first-order chi connectivity index (χ1) is 14.6. The smallest absolute Gasteiger partial charge is 0.230 e. The molecule has 2 aromatic carbocycles. The summed E-state index contributed by atoms with van der Waals surface area (Å²) in [5.74, 6) is 1.52. The molecule has 0 fully saturated rings. The molecule has 154 valence electrons. The van der Waals surface area contributed by atoms with Crippen molar-refractivity contribution >= 4 is 56.1 Å². The molecule has 2 aromatic heterocycles. The number of thioether (sulfide) groups is 2. The van der Waals surface area contributed by atoms with Crippen molar-refractivity contribution < 1.29 is 9.21 Å². The monoisotopic (exact) mass is 454 g/mol. The molecule has 0 aliphatic heterocycles. The predicted octanol–water partition coefficient (Wildman–Crippen LogP) is 6.64. The van der Waals surface area contributed by atoms with Crippen LogP contribution in [0, 0.1) is 6.92 Å². The number of carbonyl (C=O) groups is 1. The number of aryl methyl sites for hydroxylation is 1. The highest BCUT2D eigenvalue weighted by Gasteiger charge is 2.22. The zero-order valence-corrected chi connectivity index (χ0v) is 19.3. The summed E-state index contributed by atoms with van der Waals surface area (Å²) in [6.45, 7) is 2.46. The van der Waals surface area contributed by atoms with Crippen LogP contribution in [0.25, 0.3) is 10.2 Å². The van der Waals surface area contributed by atoms with Crippen molar-refractivity contribution in [2.75, 3.05) is 16.9 Å². The first-order valence-electron chi connectivity index (χ1n) is 9.60. The molecule has 0 atom stereocenters. The normalized spacial score (nSPS) is 11.1. The van der Waals surface area contributed by atoms with Crippen LogP contribution in [0.1, 0.15) is 17.7 Å². The molecular weight excluding hydrogens is 432 g/mol. The largest absolute Gasteiger partial charge is 0.467 e. The Hall–Kier alpha value is -2.22. The fourth-order valence-electron chi connectivity index (χ4n) is 3.04. The quantitative estimate of drug-likeness (QED) is 0.279. The van der Waals surface area contributed by atoms with E-state index in [0.717, 1.165) is 26.6 Å². The third-order valence-corrected chi connectivity index (χ3v) is 7.45. The number of hydrogen-bond acceptors (Lipinski definition) is 6. The molecule has 0 aliphatic rings. The van der Waals surface area contributed by atoms with E-state index in [1.807, 2.05) is 24.5 Å². The lowest BCUT2D eigenvalue weighted by molar-refractivity contribution is -0.118. The van der Waals surface area contributed by atoms with E-state index in [2.05, 4.69) is 43.3 Å². The zero-order valence-electron chi connectivity index (χ0n) is 16.8. The highest BCUT2D eigenvalue weighted by molar-refractivity contribution is 7.99. The topological polar surface area (TPSA) is 46.3 Å². The number of benzene rings is 2. The fourth-order valence-corrected chi connectivity index (χ4v) is 5.52. The molecule has 4 aromatic rings. The number of thiazole rings is 1. The Kier molecular flexibility index (Phi) is 6.82. The van der Waals surface area contributed by atoms with Crippen LogP contribution in [0.15, 0.2) is 75.1 Å².